The molecule has 0 aliphatic carbocycles. The fraction of sp³-hybridized carbons (Fsp3) is 0.519. The van der Waals surface area contributed by atoms with E-state index in [1.807, 2.05) is 4.90 Å². The van der Waals surface area contributed by atoms with Crippen LogP contribution in [0.4, 0.5) is 30.4 Å². The Bertz CT molecular complexity index is 1270. The zero-order valence-corrected chi connectivity index (χ0v) is 23.1. The number of hydrogen-bond donors (Lipinski definition) is 2. The second-order valence-electron chi connectivity index (χ2n) is 10.1. The van der Waals surface area contributed by atoms with E-state index in [1.165, 1.54) is 12.1 Å². The minimum Gasteiger partial charge on any atom is -0.508 e. The minimum absolute atomic E-state index is 0.0511. The van der Waals surface area contributed by atoms with Crippen molar-refractivity contribution < 1.29 is 37.3 Å². The van der Waals surface area contributed by atoms with Crippen molar-refractivity contribution in [3.63, 3.8) is 0 Å². The number of morpholine rings is 1. The summed E-state index contributed by atoms with van der Waals surface area (Å²) in [5.41, 5.74) is 1.20. The summed E-state index contributed by atoms with van der Waals surface area (Å²) in [7, 11) is 0. The fourth-order valence-electron chi connectivity index (χ4n) is 5.15. The van der Waals surface area contributed by atoms with Crippen LogP contribution in [0.1, 0.15) is 12.1 Å². The lowest BCUT2D eigenvalue weighted by Gasteiger charge is -2.38. The number of aromatic nitrogens is 2. The smallest absolute Gasteiger partial charge is 0.508 e. The highest BCUT2D eigenvalue weighted by molar-refractivity contribution is 5.87. The molecule has 2 fully saturated rings. The number of fused-ring (bicyclic) bond motifs is 1. The number of nitrogens with zero attached hydrogens (tertiary/aromatic N) is 6. The summed E-state index contributed by atoms with van der Waals surface area (Å²) in [5.74, 6) is -0.191. The highest BCUT2D eigenvalue weighted by Crippen LogP contribution is 2.40. The van der Waals surface area contributed by atoms with Crippen molar-refractivity contribution in [2.24, 2.45) is 0 Å². The lowest BCUT2D eigenvalue weighted by atomic mass is 10.2. The van der Waals surface area contributed by atoms with Gasteiger partial charge in [-0.1, -0.05) is 6.58 Å². The number of ether oxygens (including phenoxy) is 3. The number of nitrogens with one attached hydrogen (secondary N) is 1. The van der Waals surface area contributed by atoms with E-state index in [0.29, 0.717) is 63.2 Å². The van der Waals surface area contributed by atoms with Crippen molar-refractivity contribution in [2.75, 3.05) is 87.4 Å². The van der Waals surface area contributed by atoms with Gasteiger partial charge >= 0.3 is 12.4 Å². The van der Waals surface area contributed by atoms with E-state index in [1.54, 1.807) is 9.80 Å². The minimum atomic E-state index is -4.90. The van der Waals surface area contributed by atoms with Gasteiger partial charge in [-0.3, -0.25) is 9.69 Å². The quantitative estimate of drug-likeness (QED) is 0.330. The van der Waals surface area contributed by atoms with E-state index in [0.717, 1.165) is 38.2 Å². The van der Waals surface area contributed by atoms with Gasteiger partial charge < -0.3 is 39.3 Å². The zero-order valence-electron chi connectivity index (χ0n) is 23.1. The van der Waals surface area contributed by atoms with Crippen LogP contribution in [-0.2, 0) is 16.1 Å². The molecule has 2 N–H and O–H groups in total. The predicted molar refractivity (Wildman–Crippen MR) is 148 cm³/mol. The van der Waals surface area contributed by atoms with E-state index >= 15 is 0 Å². The van der Waals surface area contributed by atoms with Crippen LogP contribution in [0.5, 0.6) is 17.5 Å². The maximum Gasteiger partial charge on any atom is 0.573 e. The SMILES string of the molecule is C=CC(=O)N1CCN(c2nc(OCCCN3CCOCC3)nc3c2NCN(c2cc(O)ccc2OC(F)(F)F)C3)CC1. The number of phenols is 1. The van der Waals surface area contributed by atoms with Crippen molar-refractivity contribution in [2.45, 2.75) is 19.3 Å². The molecule has 2 saturated heterocycles. The summed E-state index contributed by atoms with van der Waals surface area (Å²) in [5, 5.41) is 13.3. The molecule has 0 saturated carbocycles. The average molecular weight is 594 g/mol. The number of phenolic OH excluding ortho intramolecular Hbond substituents is 1. The molecule has 1 aromatic heterocycles. The molecule has 3 aliphatic heterocycles. The molecule has 0 atom stereocenters. The van der Waals surface area contributed by atoms with Gasteiger partial charge in [0.15, 0.2) is 11.6 Å². The van der Waals surface area contributed by atoms with E-state index < -0.39 is 12.1 Å². The third kappa shape index (κ3) is 7.26. The molecule has 3 aliphatic rings. The first-order valence-electron chi connectivity index (χ1n) is 13.8. The van der Waals surface area contributed by atoms with Gasteiger partial charge in [0.05, 0.1) is 44.4 Å². The van der Waals surface area contributed by atoms with Crippen LogP contribution >= 0.6 is 0 Å². The summed E-state index contributed by atoms with van der Waals surface area (Å²) in [6.07, 6.45) is -2.86. The van der Waals surface area contributed by atoms with E-state index in [9.17, 15) is 23.1 Å². The number of carbonyl (C=O) groups is 1. The van der Waals surface area contributed by atoms with Gasteiger partial charge in [-0.25, -0.2) is 0 Å². The molecular formula is C27H34F3N7O5. The molecule has 1 amide bonds. The molecule has 15 heteroatoms. The number of rotatable bonds is 9. The molecule has 5 rings (SSSR count). The molecule has 0 radical (unpaired) electrons. The fourth-order valence-corrected chi connectivity index (χ4v) is 5.15. The van der Waals surface area contributed by atoms with Crippen LogP contribution in [0.15, 0.2) is 30.9 Å². The summed E-state index contributed by atoms with van der Waals surface area (Å²) in [4.78, 5) is 29.0. The van der Waals surface area contributed by atoms with Gasteiger partial charge in [0.25, 0.3) is 0 Å². The van der Waals surface area contributed by atoms with Crippen LogP contribution in [-0.4, -0.2) is 109 Å². The lowest BCUT2D eigenvalue weighted by molar-refractivity contribution is -0.274. The Labute approximate surface area is 241 Å². The first kappa shape index (κ1) is 29.5. The lowest BCUT2D eigenvalue weighted by Crippen LogP contribution is -2.49. The number of amides is 1. The second kappa shape index (κ2) is 12.9. The molecule has 1 aromatic carbocycles. The number of piperazine rings is 1. The maximum absolute atomic E-state index is 13.1. The zero-order chi connectivity index (χ0) is 29.7. The van der Waals surface area contributed by atoms with Crippen LogP contribution in [0.25, 0.3) is 0 Å². The third-order valence-corrected chi connectivity index (χ3v) is 7.26. The molecule has 228 valence electrons. The topological polar surface area (TPSA) is 116 Å². The van der Waals surface area contributed by atoms with Gasteiger partial charge in [-0.15, -0.1) is 13.2 Å². The van der Waals surface area contributed by atoms with Crippen LogP contribution < -0.4 is 24.6 Å². The Morgan fingerprint density at radius 1 is 1.12 bits per heavy atom. The van der Waals surface area contributed by atoms with Gasteiger partial charge in [0.2, 0.25) is 5.91 Å². The van der Waals surface area contributed by atoms with Crippen molar-refractivity contribution in [1.29, 1.82) is 0 Å². The Balaban J connectivity index is 1.37. The highest BCUT2D eigenvalue weighted by Gasteiger charge is 2.34. The molecule has 0 spiro atoms. The number of anilines is 3. The normalized spacial score (nSPS) is 17.8. The first-order chi connectivity index (χ1) is 20.2. The number of alkyl halides is 3. The van der Waals surface area contributed by atoms with Crippen LogP contribution in [0, 0.1) is 0 Å². The van der Waals surface area contributed by atoms with Gasteiger partial charge in [0, 0.05) is 51.9 Å². The number of benzene rings is 1. The Kier molecular flexibility index (Phi) is 9.06. The monoisotopic (exact) mass is 593 g/mol. The van der Waals surface area contributed by atoms with E-state index in [-0.39, 0.29) is 36.6 Å². The number of hydrogen-bond acceptors (Lipinski definition) is 11. The van der Waals surface area contributed by atoms with E-state index in [4.69, 9.17) is 14.5 Å². The highest BCUT2D eigenvalue weighted by atomic mass is 19.4. The summed E-state index contributed by atoms with van der Waals surface area (Å²) >= 11 is 0. The van der Waals surface area contributed by atoms with Crippen LogP contribution in [0.2, 0.25) is 0 Å². The Morgan fingerprint density at radius 2 is 1.88 bits per heavy atom. The second-order valence-corrected chi connectivity index (χ2v) is 10.1. The number of carbonyl (C=O) groups excluding carboxylic acids is 1. The Hall–Kier alpha value is -3.98. The van der Waals surface area contributed by atoms with Crippen molar-refractivity contribution in [3.05, 3.63) is 36.5 Å². The summed E-state index contributed by atoms with van der Waals surface area (Å²) in [6, 6.07) is 3.58. The average Bonchev–Trinajstić information content (AvgIpc) is 2.99. The predicted octanol–water partition coefficient (Wildman–Crippen LogP) is 2.41. The summed E-state index contributed by atoms with van der Waals surface area (Å²) < 4.78 is 54.9. The molecular weight excluding hydrogens is 559 g/mol. The molecule has 42 heavy (non-hydrogen) atoms. The molecule has 4 heterocycles. The molecule has 0 bridgehead atoms. The number of aromatic hydroxyl groups is 1. The van der Waals surface area contributed by atoms with Crippen molar-refractivity contribution in [3.8, 4) is 17.5 Å². The number of halogens is 3. The summed E-state index contributed by atoms with van der Waals surface area (Å²) in [6.45, 7) is 10.1. The molecule has 0 unspecified atom stereocenters. The van der Waals surface area contributed by atoms with Crippen molar-refractivity contribution in [1.82, 2.24) is 19.8 Å². The van der Waals surface area contributed by atoms with Gasteiger partial charge in [0.1, 0.15) is 11.4 Å². The van der Waals surface area contributed by atoms with E-state index in [2.05, 4.69) is 26.5 Å². The third-order valence-electron chi connectivity index (χ3n) is 7.26. The van der Waals surface area contributed by atoms with Crippen LogP contribution in [0.3, 0.4) is 0 Å². The largest absolute Gasteiger partial charge is 0.573 e. The van der Waals surface area contributed by atoms with Gasteiger partial charge in [-0.2, -0.15) is 9.97 Å². The molecule has 2 aromatic rings. The standard InChI is InChI=1S/C27H34F3N7O5/c1-2-23(39)35-7-9-36(10-8-35)25-24-20(32-26(33-25)41-13-3-6-34-11-14-40-15-12-34)17-37(18-31-24)21-16-19(38)4-5-22(21)42-27(28,29)30/h2,4-5,16,31,38H,1,3,6-15,17-18H2. The van der Waals surface area contributed by atoms with Gasteiger partial charge in [-0.05, 0) is 24.6 Å². The maximum atomic E-state index is 13.1. The Morgan fingerprint density at radius 3 is 2.60 bits per heavy atom. The molecule has 12 nitrogen and oxygen atoms in total. The van der Waals surface area contributed by atoms with Crippen molar-refractivity contribution >= 4 is 23.1 Å². The first-order valence-corrected chi connectivity index (χ1v) is 13.8.